The van der Waals surface area contributed by atoms with Gasteiger partial charge in [0, 0.05) is 12.4 Å². The molecule has 0 atom stereocenters. The SMILES string of the molecule is CCCc1ccc2c(c1)c(CC)nn2C. The van der Waals surface area contributed by atoms with Crippen molar-refractivity contribution in [2.24, 2.45) is 7.05 Å². The van der Waals surface area contributed by atoms with Crippen LogP contribution < -0.4 is 0 Å². The molecule has 1 aromatic carbocycles. The summed E-state index contributed by atoms with van der Waals surface area (Å²) in [6.45, 7) is 4.38. The highest BCUT2D eigenvalue weighted by Crippen LogP contribution is 2.20. The van der Waals surface area contributed by atoms with Crippen molar-refractivity contribution in [1.82, 2.24) is 9.78 Å². The molecule has 2 aromatic rings. The van der Waals surface area contributed by atoms with Gasteiger partial charge in [-0.2, -0.15) is 5.10 Å². The summed E-state index contributed by atoms with van der Waals surface area (Å²) in [5.41, 5.74) is 3.88. The van der Waals surface area contributed by atoms with Gasteiger partial charge in [-0.25, -0.2) is 0 Å². The summed E-state index contributed by atoms with van der Waals surface area (Å²) in [5, 5.41) is 5.85. The van der Waals surface area contributed by atoms with Crippen molar-refractivity contribution in [1.29, 1.82) is 0 Å². The molecular weight excluding hydrogens is 184 g/mol. The van der Waals surface area contributed by atoms with E-state index in [0.29, 0.717) is 0 Å². The van der Waals surface area contributed by atoms with Gasteiger partial charge in [-0.3, -0.25) is 4.68 Å². The Morgan fingerprint density at radius 3 is 2.73 bits per heavy atom. The summed E-state index contributed by atoms with van der Waals surface area (Å²) < 4.78 is 1.98. The van der Waals surface area contributed by atoms with Gasteiger partial charge in [0.1, 0.15) is 0 Å². The van der Waals surface area contributed by atoms with E-state index in [-0.39, 0.29) is 0 Å². The van der Waals surface area contributed by atoms with E-state index < -0.39 is 0 Å². The van der Waals surface area contributed by atoms with Gasteiger partial charge in [0.15, 0.2) is 0 Å². The van der Waals surface area contributed by atoms with Crippen LogP contribution in [0, 0.1) is 0 Å². The second-order valence-corrected chi connectivity index (χ2v) is 4.03. The zero-order valence-corrected chi connectivity index (χ0v) is 9.75. The first-order valence-electron chi connectivity index (χ1n) is 5.70. The zero-order valence-electron chi connectivity index (χ0n) is 9.75. The number of benzene rings is 1. The number of fused-ring (bicyclic) bond motifs is 1. The number of aromatic nitrogens is 2. The maximum atomic E-state index is 4.53. The van der Waals surface area contributed by atoms with Gasteiger partial charge in [0.25, 0.3) is 0 Å². The highest BCUT2D eigenvalue weighted by atomic mass is 15.3. The summed E-state index contributed by atoms with van der Waals surface area (Å²) >= 11 is 0. The van der Waals surface area contributed by atoms with Crippen molar-refractivity contribution in [3.8, 4) is 0 Å². The minimum Gasteiger partial charge on any atom is -0.268 e. The fourth-order valence-electron chi connectivity index (χ4n) is 2.09. The average molecular weight is 202 g/mol. The summed E-state index contributed by atoms with van der Waals surface area (Å²) in [7, 11) is 2.01. The monoisotopic (exact) mass is 202 g/mol. The van der Waals surface area contributed by atoms with Crippen LogP contribution >= 0.6 is 0 Å². The van der Waals surface area contributed by atoms with Gasteiger partial charge in [0.2, 0.25) is 0 Å². The zero-order chi connectivity index (χ0) is 10.8. The average Bonchev–Trinajstić information content (AvgIpc) is 2.56. The molecule has 0 aliphatic rings. The van der Waals surface area contributed by atoms with E-state index >= 15 is 0 Å². The molecule has 2 nitrogen and oxygen atoms in total. The quantitative estimate of drug-likeness (QED) is 0.748. The standard InChI is InChI=1S/C13H18N2/c1-4-6-10-7-8-13-11(9-10)12(5-2)14-15(13)3/h7-9H,4-6H2,1-3H3. The first-order chi connectivity index (χ1) is 7.26. The highest BCUT2D eigenvalue weighted by molar-refractivity contribution is 5.82. The van der Waals surface area contributed by atoms with E-state index in [1.165, 1.54) is 28.6 Å². The first-order valence-corrected chi connectivity index (χ1v) is 5.70. The van der Waals surface area contributed by atoms with E-state index in [1.54, 1.807) is 0 Å². The maximum absolute atomic E-state index is 4.53. The molecule has 0 N–H and O–H groups in total. The van der Waals surface area contributed by atoms with Gasteiger partial charge in [0.05, 0.1) is 11.2 Å². The molecule has 0 aliphatic heterocycles. The number of hydrogen-bond donors (Lipinski definition) is 0. The summed E-state index contributed by atoms with van der Waals surface area (Å²) in [6.07, 6.45) is 3.37. The number of nitrogens with zero attached hydrogens (tertiary/aromatic N) is 2. The van der Waals surface area contributed by atoms with Crippen LogP contribution in [0.25, 0.3) is 10.9 Å². The van der Waals surface area contributed by atoms with Crippen LogP contribution in [0.1, 0.15) is 31.5 Å². The Balaban J connectivity index is 2.58. The molecule has 0 bridgehead atoms. The Bertz CT molecular complexity index is 469. The van der Waals surface area contributed by atoms with Gasteiger partial charge in [-0.05, 0) is 30.5 Å². The van der Waals surface area contributed by atoms with E-state index in [0.717, 1.165) is 12.8 Å². The predicted molar refractivity (Wildman–Crippen MR) is 64.1 cm³/mol. The molecule has 2 heteroatoms. The molecule has 15 heavy (non-hydrogen) atoms. The molecule has 0 fully saturated rings. The van der Waals surface area contributed by atoms with Gasteiger partial charge in [-0.1, -0.05) is 26.3 Å². The van der Waals surface area contributed by atoms with Gasteiger partial charge < -0.3 is 0 Å². The van der Waals surface area contributed by atoms with Crippen LogP contribution in [-0.4, -0.2) is 9.78 Å². The van der Waals surface area contributed by atoms with Crippen molar-refractivity contribution in [3.63, 3.8) is 0 Å². The third-order valence-electron chi connectivity index (χ3n) is 2.86. The summed E-state index contributed by atoms with van der Waals surface area (Å²) in [6, 6.07) is 6.70. The minimum atomic E-state index is 1.01. The van der Waals surface area contributed by atoms with Crippen LogP contribution in [0.3, 0.4) is 0 Å². The van der Waals surface area contributed by atoms with Crippen LogP contribution in [0.2, 0.25) is 0 Å². The molecule has 1 aromatic heterocycles. The largest absolute Gasteiger partial charge is 0.268 e. The minimum absolute atomic E-state index is 1.01. The maximum Gasteiger partial charge on any atom is 0.0700 e. The van der Waals surface area contributed by atoms with Crippen LogP contribution in [0.5, 0.6) is 0 Å². The van der Waals surface area contributed by atoms with Crippen molar-refractivity contribution < 1.29 is 0 Å². The van der Waals surface area contributed by atoms with Gasteiger partial charge >= 0.3 is 0 Å². The second kappa shape index (κ2) is 4.05. The van der Waals surface area contributed by atoms with Crippen molar-refractivity contribution in [3.05, 3.63) is 29.5 Å². The first kappa shape index (κ1) is 10.2. The van der Waals surface area contributed by atoms with Crippen molar-refractivity contribution in [2.75, 3.05) is 0 Å². The predicted octanol–water partition coefficient (Wildman–Crippen LogP) is 3.09. The van der Waals surface area contributed by atoms with Crippen molar-refractivity contribution in [2.45, 2.75) is 33.1 Å². The molecule has 0 spiro atoms. The molecular formula is C13H18N2. The Morgan fingerprint density at radius 2 is 2.07 bits per heavy atom. The Hall–Kier alpha value is -1.31. The molecule has 0 radical (unpaired) electrons. The third-order valence-corrected chi connectivity index (χ3v) is 2.86. The normalized spacial score (nSPS) is 11.1. The van der Waals surface area contributed by atoms with E-state index in [1.807, 2.05) is 11.7 Å². The number of rotatable bonds is 3. The Kier molecular flexibility index (Phi) is 2.76. The third kappa shape index (κ3) is 1.76. The lowest BCUT2D eigenvalue weighted by Gasteiger charge is -1.99. The second-order valence-electron chi connectivity index (χ2n) is 4.03. The fraction of sp³-hybridized carbons (Fsp3) is 0.462. The van der Waals surface area contributed by atoms with Crippen LogP contribution in [0.15, 0.2) is 18.2 Å². The van der Waals surface area contributed by atoms with E-state index in [9.17, 15) is 0 Å². The molecule has 80 valence electrons. The van der Waals surface area contributed by atoms with Crippen LogP contribution in [-0.2, 0) is 19.9 Å². The Labute approximate surface area is 90.9 Å². The van der Waals surface area contributed by atoms with E-state index in [4.69, 9.17) is 0 Å². The lowest BCUT2D eigenvalue weighted by atomic mass is 10.1. The summed E-state index contributed by atoms with van der Waals surface area (Å²) in [4.78, 5) is 0. The number of aryl methyl sites for hydroxylation is 3. The lowest BCUT2D eigenvalue weighted by molar-refractivity contribution is 0.770. The molecule has 0 saturated carbocycles. The molecule has 0 saturated heterocycles. The van der Waals surface area contributed by atoms with Gasteiger partial charge in [-0.15, -0.1) is 0 Å². The molecule has 2 rings (SSSR count). The molecule has 1 heterocycles. The van der Waals surface area contributed by atoms with Crippen molar-refractivity contribution >= 4 is 10.9 Å². The van der Waals surface area contributed by atoms with E-state index in [2.05, 4.69) is 37.1 Å². The molecule has 0 amide bonds. The summed E-state index contributed by atoms with van der Waals surface area (Å²) in [5.74, 6) is 0. The smallest absolute Gasteiger partial charge is 0.0700 e. The topological polar surface area (TPSA) is 17.8 Å². The lowest BCUT2D eigenvalue weighted by Crippen LogP contribution is -1.90. The number of hydrogen-bond acceptors (Lipinski definition) is 1. The fourth-order valence-corrected chi connectivity index (χ4v) is 2.09. The Morgan fingerprint density at radius 1 is 1.27 bits per heavy atom. The molecule has 0 aliphatic carbocycles. The van der Waals surface area contributed by atoms with Crippen LogP contribution in [0.4, 0.5) is 0 Å². The molecule has 0 unspecified atom stereocenters. The highest BCUT2D eigenvalue weighted by Gasteiger charge is 2.06.